The molecule has 2 fully saturated rings. The maximum absolute atomic E-state index is 11.0. The summed E-state index contributed by atoms with van der Waals surface area (Å²) in [6.45, 7) is 6.90. The Kier molecular flexibility index (Phi) is 13.8. The van der Waals surface area contributed by atoms with E-state index in [2.05, 4.69) is 32.1 Å². The number of aliphatic hydroxyl groups is 1. The van der Waals surface area contributed by atoms with Crippen molar-refractivity contribution in [1.82, 2.24) is 0 Å². The second kappa shape index (κ2) is 16.0. The number of carboxylic acids is 1. The van der Waals surface area contributed by atoms with E-state index in [4.69, 9.17) is 26.2 Å². The average molecular weight is 499 g/mol. The van der Waals surface area contributed by atoms with E-state index >= 15 is 0 Å². The van der Waals surface area contributed by atoms with Crippen LogP contribution in [0.2, 0.25) is 0 Å². The molecule has 0 aromatic carbocycles. The lowest BCUT2D eigenvalue weighted by atomic mass is 9.89. The SMILES string of the molecule is CCCC[C@H](C)C[C@H](O)C=C[C@@H]1[C@@H](CC=CCCC(C)C(=O)O)[C@H](Cl)C[C@H]1OC1CCCCO1. The van der Waals surface area contributed by atoms with E-state index in [1.54, 1.807) is 6.92 Å². The van der Waals surface area contributed by atoms with E-state index in [0.29, 0.717) is 12.3 Å². The van der Waals surface area contributed by atoms with Gasteiger partial charge >= 0.3 is 5.97 Å². The number of alkyl halides is 1. The third-order valence-electron chi connectivity index (χ3n) is 7.32. The maximum atomic E-state index is 11.0. The number of unbranched alkanes of at least 4 members (excludes halogenated alkanes) is 1. The smallest absolute Gasteiger partial charge is 0.306 e. The monoisotopic (exact) mass is 498 g/mol. The zero-order chi connectivity index (χ0) is 24.9. The number of aliphatic hydroxyl groups excluding tert-OH is 1. The molecule has 6 heteroatoms. The van der Waals surface area contributed by atoms with Crippen molar-refractivity contribution in [3.63, 3.8) is 0 Å². The van der Waals surface area contributed by atoms with Gasteiger partial charge in [-0.25, -0.2) is 0 Å². The summed E-state index contributed by atoms with van der Waals surface area (Å²) in [6.07, 6.45) is 18.1. The van der Waals surface area contributed by atoms with Gasteiger partial charge in [-0.15, -0.1) is 11.6 Å². The molecule has 0 bridgehead atoms. The largest absolute Gasteiger partial charge is 0.481 e. The first-order valence-corrected chi connectivity index (χ1v) is 13.9. The van der Waals surface area contributed by atoms with E-state index in [1.807, 2.05) is 6.08 Å². The lowest BCUT2D eigenvalue weighted by Gasteiger charge is -2.29. The van der Waals surface area contributed by atoms with E-state index in [9.17, 15) is 9.90 Å². The molecule has 0 amide bonds. The van der Waals surface area contributed by atoms with Gasteiger partial charge < -0.3 is 19.7 Å². The molecule has 1 heterocycles. The van der Waals surface area contributed by atoms with Crippen LogP contribution in [-0.4, -0.2) is 46.7 Å². The second-order valence-electron chi connectivity index (χ2n) is 10.4. The van der Waals surface area contributed by atoms with E-state index < -0.39 is 12.1 Å². The molecule has 196 valence electrons. The van der Waals surface area contributed by atoms with Crippen molar-refractivity contribution in [3.8, 4) is 0 Å². The Morgan fingerprint density at radius 2 is 2.03 bits per heavy atom. The molecule has 0 aromatic heterocycles. The molecule has 1 aliphatic carbocycles. The third kappa shape index (κ3) is 10.4. The standard InChI is InChI=1S/C28H47ClO5/c1-4-5-11-20(2)18-22(30)15-16-24-23(13-8-6-7-12-21(3)28(31)32)25(29)19-26(24)34-27-14-9-10-17-33-27/h6,8,15-16,20-27,30H,4-5,7,9-14,17-19H2,1-3H3,(H,31,32)/t20-,21?,22+,23+,24+,25+,26+,27?/m0/s1. The Morgan fingerprint density at radius 3 is 2.71 bits per heavy atom. The molecule has 2 aliphatic rings. The lowest BCUT2D eigenvalue weighted by Crippen LogP contribution is -2.30. The fourth-order valence-corrected chi connectivity index (χ4v) is 5.51. The number of allylic oxidation sites excluding steroid dienone is 2. The van der Waals surface area contributed by atoms with Crippen LogP contribution in [0.15, 0.2) is 24.3 Å². The summed E-state index contributed by atoms with van der Waals surface area (Å²) in [7, 11) is 0. The van der Waals surface area contributed by atoms with Crippen molar-refractivity contribution in [1.29, 1.82) is 0 Å². The first-order valence-electron chi connectivity index (χ1n) is 13.5. The van der Waals surface area contributed by atoms with Crippen LogP contribution in [0.5, 0.6) is 0 Å². The molecule has 8 atom stereocenters. The van der Waals surface area contributed by atoms with Crippen molar-refractivity contribution >= 4 is 17.6 Å². The van der Waals surface area contributed by atoms with Crippen LogP contribution in [0, 0.1) is 23.7 Å². The number of hydrogen-bond acceptors (Lipinski definition) is 4. The van der Waals surface area contributed by atoms with Gasteiger partial charge in [0.25, 0.3) is 0 Å². The maximum Gasteiger partial charge on any atom is 0.306 e. The van der Waals surface area contributed by atoms with E-state index in [1.165, 1.54) is 12.8 Å². The highest BCUT2D eigenvalue weighted by molar-refractivity contribution is 6.21. The molecule has 0 radical (unpaired) electrons. The number of hydrogen-bond donors (Lipinski definition) is 2. The molecule has 34 heavy (non-hydrogen) atoms. The van der Waals surface area contributed by atoms with Gasteiger partial charge in [0, 0.05) is 17.9 Å². The molecule has 1 aliphatic heterocycles. The molecule has 0 spiro atoms. The lowest BCUT2D eigenvalue weighted by molar-refractivity contribution is -0.192. The summed E-state index contributed by atoms with van der Waals surface area (Å²) in [5, 5.41) is 19.7. The van der Waals surface area contributed by atoms with E-state index in [-0.39, 0.29) is 35.5 Å². The highest BCUT2D eigenvalue weighted by atomic mass is 35.5. The van der Waals surface area contributed by atoms with Gasteiger partial charge in [0.2, 0.25) is 0 Å². The Balaban J connectivity index is 1.99. The number of rotatable bonds is 15. The quantitative estimate of drug-likeness (QED) is 0.193. The number of carbonyl (C=O) groups is 1. The average Bonchev–Trinajstić information content (AvgIpc) is 3.10. The molecule has 2 rings (SSSR count). The summed E-state index contributed by atoms with van der Waals surface area (Å²) in [5.74, 6) is -0.246. The van der Waals surface area contributed by atoms with Crippen molar-refractivity contribution in [2.45, 2.75) is 115 Å². The first-order chi connectivity index (χ1) is 16.3. The number of halogens is 1. The van der Waals surface area contributed by atoms with Crippen LogP contribution in [-0.2, 0) is 14.3 Å². The fraction of sp³-hybridized carbons (Fsp3) is 0.821. The molecule has 5 nitrogen and oxygen atoms in total. The Morgan fingerprint density at radius 1 is 1.24 bits per heavy atom. The van der Waals surface area contributed by atoms with Crippen LogP contribution < -0.4 is 0 Å². The Labute approximate surface area is 211 Å². The van der Waals surface area contributed by atoms with Gasteiger partial charge in [0.15, 0.2) is 6.29 Å². The topological polar surface area (TPSA) is 76.0 Å². The van der Waals surface area contributed by atoms with Gasteiger partial charge in [-0.05, 0) is 63.2 Å². The van der Waals surface area contributed by atoms with Crippen molar-refractivity contribution < 1.29 is 24.5 Å². The Bertz CT molecular complexity index is 630. The normalized spacial score (nSPS) is 30.7. The molecule has 1 saturated carbocycles. The first kappa shape index (κ1) is 29.4. The molecule has 0 aromatic rings. The Hall–Kier alpha value is -0.880. The van der Waals surface area contributed by atoms with Gasteiger partial charge in [0.1, 0.15) is 0 Å². The summed E-state index contributed by atoms with van der Waals surface area (Å²) in [6, 6.07) is 0. The second-order valence-corrected chi connectivity index (χ2v) is 11.0. The summed E-state index contributed by atoms with van der Waals surface area (Å²) in [4.78, 5) is 11.0. The van der Waals surface area contributed by atoms with Gasteiger partial charge in [0.05, 0.1) is 18.1 Å². The minimum atomic E-state index is -0.747. The van der Waals surface area contributed by atoms with Crippen molar-refractivity contribution in [2.75, 3.05) is 6.61 Å². The van der Waals surface area contributed by atoms with Crippen molar-refractivity contribution in [3.05, 3.63) is 24.3 Å². The van der Waals surface area contributed by atoms with Crippen LogP contribution in [0.1, 0.15) is 91.4 Å². The predicted octanol–water partition coefficient (Wildman–Crippen LogP) is 6.72. The minimum Gasteiger partial charge on any atom is -0.481 e. The van der Waals surface area contributed by atoms with Gasteiger partial charge in [-0.1, -0.05) is 64.3 Å². The minimum absolute atomic E-state index is 0.00791. The third-order valence-corrected chi connectivity index (χ3v) is 7.82. The van der Waals surface area contributed by atoms with Gasteiger partial charge in [-0.2, -0.15) is 0 Å². The van der Waals surface area contributed by atoms with E-state index in [0.717, 1.165) is 58.0 Å². The number of ether oxygens (including phenoxy) is 2. The zero-order valence-corrected chi connectivity index (χ0v) is 22.2. The fourth-order valence-electron chi connectivity index (χ4n) is 5.06. The summed E-state index contributed by atoms with van der Waals surface area (Å²) >= 11 is 6.82. The molecule has 2 N–H and O–H groups in total. The van der Waals surface area contributed by atoms with Crippen LogP contribution >= 0.6 is 11.6 Å². The summed E-state index contributed by atoms with van der Waals surface area (Å²) in [5.41, 5.74) is 0. The summed E-state index contributed by atoms with van der Waals surface area (Å²) < 4.78 is 12.2. The predicted molar refractivity (Wildman–Crippen MR) is 138 cm³/mol. The molecular weight excluding hydrogens is 452 g/mol. The number of aliphatic carboxylic acids is 1. The van der Waals surface area contributed by atoms with Crippen LogP contribution in [0.4, 0.5) is 0 Å². The molecule has 1 saturated heterocycles. The molecular formula is C28H47ClO5. The van der Waals surface area contributed by atoms with Gasteiger partial charge in [-0.3, -0.25) is 4.79 Å². The van der Waals surface area contributed by atoms with Crippen LogP contribution in [0.3, 0.4) is 0 Å². The number of carboxylic acid groups (broad SMARTS) is 1. The van der Waals surface area contributed by atoms with Crippen molar-refractivity contribution in [2.24, 2.45) is 23.7 Å². The highest BCUT2D eigenvalue weighted by Gasteiger charge is 2.42. The zero-order valence-electron chi connectivity index (χ0n) is 21.4. The van der Waals surface area contributed by atoms with Crippen LogP contribution in [0.25, 0.3) is 0 Å². The molecule has 2 unspecified atom stereocenters. The highest BCUT2D eigenvalue weighted by Crippen LogP contribution is 2.42.